The Morgan fingerprint density at radius 3 is 2.57 bits per heavy atom. The summed E-state index contributed by atoms with van der Waals surface area (Å²) >= 11 is 12.2. The van der Waals surface area contributed by atoms with Crippen LogP contribution in [0.1, 0.15) is 24.1 Å². The quantitative estimate of drug-likeness (QED) is 0.637. The van der Waals surface area contributed by atoms with E-state index < -0.39 is 4.92 Å². The van der Waals surface area contributed by atoms with Gasteiger partial charge in [-0.2, -0.15) is 0 Å². The van der Waals surface area contributed by atoms with Crippen molar-refractivity contribution in [2.24, 2.45) is 0 Å². The van der Waals surface area contributed by atoms with Crippen molar-refractivity contribution in [3.8, 4) is 0 Å². The zero-order chi connectivity index (χ0) is 15.4. The Morgan fingerprint density at radius 2 is 1.90 bits per heavy atom. The first-order chi connectivity index (χ1) is 9.99. The molecule has 4 nitrogen and oxygen atoms in total. The van der Waals surface area contributed by atoms with Gasteiger partial charge in [0.25, 0.3) is 5.69 Å². The van der Waals surface area contributed by atoms with Gasteiger partial charge in [0.05, 0.1) is 4.92 Å². The molecule has 0 aromatic heterocycles. The molecule has 21 heavy (non-hydrogen) atoms. The second kappa shape index (κ2) is 6.89. The van der Waals surface area contributed by atoms with Crippen LogP contribution in [0, 0.1) is 10.1 Å². The molecule has 2 rings (SSSR count). The predicted octanol–water partition coefficient (Wildman–Crippen LogP) is 4.75. The third kappa shape index (κ3) is 3.94. The van der Waals surface area contributed by atoms with E-state index in [0.717, 1.165) is 5.56 Å². The highest BCUT2D eigenvalue weighted by molar-refractivity contribution is 6.31. The van der Waals surface area contributed by atoms with Gasteiger partial charge >= 0.3 is 0 Å². The van der Waals surface area contributed by atoms with Crippen molar-refractivity contribution < 1.29 is 4.92 Å². The fourth-order valence-corrected chi connectivity index (χ4v) is 2.49. The summed E-state index contributed by atoms with van der Waals surface area (Å²) in [6, 6.07) is 12.0. The number of hydrogen-bond acceptors (Lipinski definition) is 3. The maximum absolute atomic E-state index is 10.8. The Morgan fingerprint density at radius 1 is 1.19 bits per heavy atom. The summed E-state index contributed by atoms with van der Waals surface area (Å²) in [7, 11) is 0. The Labute approximate surface area is 132 Å². The molecule has 1 N–H and O–H groups in total. The van der Waals surface area contributed by atoms with E-state index in [1.807, 2.05) is 31.2 Å². The number of halogens is 2. The number of nitrogens with one attached hydrogen (secondary N) is 1. The number of benzene rings is 2. The minimum atomic E-state index is -0.433. The Balaban J connectivity index is 2.11. The Kier molecular flexibility index (Phi) is 5.17. The van der Waals surface area contributed by atoms with Crippen LogP contribution in [0.3, 0.4) is 0 Å². The normalized spacial score (nSPS) is 12.1. The molecule has 0 radical (unpaired) electrons. The van der Waals surface area contributed by atoms with Crippen LogP contribution in [-0.2, 0) is 6.54 Å². The minimum absolute atomic E-state index is 0.00836. The molecule has 2 aromatic rings. The molecule has 0 unspecified atom stereocenters. The van der Waals surface area contributed by atoms with Crippen LogP contribution in [0.4, 0.5) is 5.69 Å². The molecule has 0 aliphatic heterocycles. The summed E-state index contributed by atoms with van der Waals surface area (Å²) in [5.74, 6) is 0. The van der Waals surface area contributed by atoms with Gasteiger partial charge in [0.2, 0.25) is 0 Å². The summed E-state index contributed by atoms with van der Waals surface area (Å²) in [6.45, 7) is 2.40. The minimum Gasteiger partial charge on any atom is -0.306 e. The van der Waals surface area contributed by atoms with Crippen molar-refractivity contribution in [2.75, 3.05) is 0 Å². The van der Waals surface area contributed by atoms with Gasteiger partial charge < -0.3 is 5.32 Å². The van der Waals surface area contributed by atoms with E-state index in [0.29, 0.717) is 22.2 Å². The molecule has 0 amide bonds. The molecule has 110 valence electrons. The van der Waals surface area contributed by atoms with E-state index in [2.05, 4.69) is 5.32 Å². The lowest BCUT2D eigenvalue weighted by Crippen LogP contribution is -2.18. The highest BCUT2D eigenvalue weighted by Gasteiger charge is 2.12. The van der Waals surface area contributed by atoms with E-state index >= 15 is 0 Å². The number of rotatable bonds is 5. The Bertz CT molecular complexity index is 662. The molecular formula is C15H14Cl2N2O2. The highest BCUT2D eigenvalue weighted by atomic mass is 35.5. The lowest BCUT2D eigenvalue weighted by Gasteiger charge is -2.16. The molecule has 0 saturated carbocycles. The first-order valence-corrected chi connectivity index (χ1v) is 7.15. The summed E-state index contributed by atoms with van der Waals surface area (Å²) in [5, 5.41) is 15.2. The maximum Gasteiger partial charge on any atom is 0.269 e. The molecule has 0 aliphatic carbocycles. The van der Waals surface area contributed by atoms with Crippen LogP contribution in [-0.4, -0.2) is 4.92 Å². The lowest BCUT2D eigenvalue weighted by molar-refractivity contribution is -0.384. The fourth-order valence-electron chi connectivity index (χ4n) is 2.01. The van der Waals surface area contributed by atoms with Crippen LogP contribution in [0.5, 0.6) is 0 Å². The van der Waals surface area contributed by atoms with Gasteiger partial charge in [-0.15, -0.1) is 0 Å². The SMILES string of the molecule is C[C@H](NCc1cc([N+](=O)[O-])ccc1Cl)c1ccccc1Cl. The molecule has 0 spiro atoms. The van der Waals surface area contributed by atoms with E-state index in [9.17, 15) is 10.1 Å². The zero-order valence-corrected chi connectivity index (χ0v) is 12.9. The highest BCUT2D eigenvalue weighted by Crippen LogP contribution is 2.25. The van der Waals surface area contributed by atoms with Crippen LogP contribution in [0.25, 0.3) is 0 Å². The predicted molar refractivity (Wildman–Crippen MR) is 84.8 cm³/mol. The van der Waals surface area contributed by atoms with Gasteiger partial charge in [-0.3, -0.25) is 10.1 Å². The van der Waals surface area contributed by atoms with E-state index in [1.165, 1.54) is 18.2 Å². The van der Waals surface area contributed by atoms with Crippen LogP contribution in [0.2, 0.25) is 10.0 Å². The number of nitrogens with zero attached hydrogens (tertiary/aromatic N) is 1. The van der Waals surface area contributed by atoms with Gasteiger partial charge in [-0.25, -0.2) is 0 Å². The fraction of sp³-hybridized carbons (Fsp3) is 0.200. The monoisotopic (exact) mass is 324 g/mol. The first-order valence-electron chi connectivity index (χ1n) is 6.39. The molecule has 0 bridgehead atoms. The van der Waals surface area contributed by atoms with Gasteiger partial charge in [-0.1, -0.05) is 41.4 Å². The molecule has 0 aliphatic rings. The number of hydrogen-bond donors (Lipinski definition) is 1. The molecule has 1 atom stereocenters. The van der Waals surface area contributed by atoms with Gasteiger partial charge in [0, 0.05) is 34.8 Å². The smallest absolute Gasteiger partial charge is 0.269 e. The standard InChI is InChI=1S/C15H14Cl2N2O2/c1-10(13-4-2-3-5-15(13)17)18-9-11-8-12(19(20)21)6-7-14(11)16/h2-8,10,18H,9H2,1H3/t10-/m0/s1. The summed E-state index contributed by atoms with van der Waals surface area (Å²) < 4.78 is 0. The van der Waals surface area contributed by atoms with Crippen molar-refractivity contribution in [1.82, 2.24) is 5.32 Å². The van der Waals surface area contributed by atoms with E-state index in [-0.39, 0.29) is 11.7 Å². The number of nitro groups is 1. The average molecular weight is 325 g/mol. The van der Waals surface area contributed by atoms with Crippen LogP contribution in [0.15, 0.2) is 42.5 Å². The van der Waals surface area contributed by atoms with Gasteiger partial charge in [0.15, 0.2) is 0 Å². The molecule has 2 aromatic carbocycles. The largest absolute Gasteiger partial charge is 0.306 e. The molecule has 0 heterocycles. The number of non-ortho nitro benzene ring substituents is 1. The van der Waals surface area contributed by atoms with E-state index in [4.69, 9.17) is 23.2 Å². The third-order valence-corrected chi connectivity index (χ3v) is 3.92. The van der Waals surface area contributed by atoms with Crippen LogP contribution >= 0.6 is 23.2 Å². The zero-order valence-electron chi connectivity index (χ0n) is 11.3. The van der Waals surface area contributed by atoms with Gasteiger partial charge in [0.1, 0.15) is 0 Å². The Hall–Kier alpha value is -1.62. The average Bonchev–Trinajstić information content (AvgIpc) is 2.46. The lowest BCUT2D eigenvalue weighted by atomic mass is 10.1. The van der Waals surface area contributed by atoms with Crippen molar-refractivity contribution in [3.05, 3.63) is 73.8 Å². The second-order valence-corrected chi connectivity index (χ2v) is 5.47. The molecular weight excluding hydrogens is 311 g/mol. The number of nitro benzene ring substituents is 1. The van der Waals surface area contributed by atoms with Crippen molar-refractivity contribution in [2.45, 2.75) is 19.5 Å². The molecule has 0 saturated heterocycles. The second-order valence-electron chi connectivity index (χ2n) is 4.66. The molecule has 0 fully saturated rings. The maximum atomic E-state index is 10.8. The van der Waals surface area contributed by atoms with E-state index in [1.54, 1.807) is 0 Å². The summed E-state index contributed by atoms with van der Waals surface area (Å²) in [4.78, 5) is 10.4. The summed E-state index contributed by atoms with van der Waals surface area (Å²) in [6.07, 6.45) is 0. The van der Waals surface area contributed by atoms with Crippen molar-refractivity contribution in [1.29, 1.82) is 0 Å². The van der Waals surface area contributed by atoms with Crippen LogP contribution < -0.4 is 5.32 Å². The molecule has 6 heteroatoms. The van der Waals surface area contributed by atoms with Crippen molar-refractivity contribution >= 4 is 28.9 Å². The topological polar surface area (TPSA) is 55.2 Å². The summed E-state index contributed by atoms with van der Waals surface area (Å²) in [5.41, 5.74) is 1.69. The first kappa shape index (κ1) is 15.8. The van der Waals surface area contributed by atoms with Gasteiger partial charge in [-0.05, 0) is 30.2 Å². The third-order valence-electron chi connectivity index (χ3n) is 3.21. The van der Waals surface area contributed by atoms with Crippen molar-refractivity contribution in [3.63, 3.8) is 0 Å².